The van der Waals surface area contributed by atoms with Gasteiger partial charge in [-0.25, -0.2) is 0 Å². The Morgan fingerprint density at radius 2 is 1.91 bits per heavy atom. The molecule has 2 atom stereocenters. The fraction of sp³-hybridized carbons (Fsp3) is 0.654. The topological polar surface area (TPSA) is 35.6 Å². The first-order valence-corrected chi connectivity index (χ1v) is 12.3. The fourth-order valence-corrected chi connectivity index (χ4v) is 5.29. The lowest BCUT2D eigenvalue weighted by Crippen LogP contribution is -2.50. The molecule has 7 heteroatoms. The molecule has 1 amide bonds. The number of likely N-dealkylation sites (tertiary alicyclic amines) is 1. The lowest BCUT2D eigenvalue weighted by atomic mass is 9.84. The van der Waals surface area contributed by atoms with Gasteiger partial charge in [0.25, 0.3) is 0 Å². The van der Waals surface area contributed by atoms with Crippen LogP contribution in [0.2, 0.25) is 0 Å². The molecule has 1 saturated carbocycles. The Kier molecular flexibility index (Phi) is 9.38. The van der Waals surface area contributed by atoms with E-state index in [4.69, 9.17) is 0 Å². The van der Waals surface area contributed by atoms with Crippen LogP contribution in [0.5, 0.6) is 0 Å². The molecule has 3 rings (SSSR count). The molecule has 1 heterocycles. The molecule has 0 radical (unpaired) electrons. The molecule has 1 aliphatic carbocycles. The van der Waals surface area contributed by atoms with Gasteiger partial charge in [-0.2, -0.15) is 13.2 Å². The van der Waals surface area contributed by atoms with Gasteiger partial charge in [0.15, 0.2) is 0 Å². The summed E-state index contributed by atoms with van der Waals surface area (Å²) in [5.74, 6) is 0.516. The van der Waals surface area contributed by atoms with E-state index in [2.05, 4.69) is 29.1 Å². The Balaban J connectivity index is 1.32. The SMILES string of the molecule is C[C@H]1CCCC[C@@H]1N(C)C1CCN(CCCNC(=O)/C=C/c2cccc(C(F)(F)F)c2)CC1. The third kappa shape index (κ3) is 7.85. The normalized spacial score (nSPS) is 23.3. The van der Waals surface area contributed by atoms with Crippen LogP contribution in [0.15, 0.2) is 30.3 Å². The number of nitrogens with zero attached hydrogens (tertiary/aromatic N) is 2. The van der Waals surface area contributed by atoms with Gasteiger partial charge < -0.3 is 15.1 Å². The van der Waals surface area contributed by atoms with Crippen molar-refractivity contribution in [3.8, 4) is 0 Å². The molecule has 1 aliphatic heterocycles. The molecule has 1 aromatic carbocycles. The summed E-state index contributed by atoms with van der Waals surface area (Å²) in [6.07, 6.45) is 7.02. The van der Waals surface area contributed by atoms with E-state index in [9.17, 15) is 18.0 Å². The van der Waals surface area contributed by atoms with E-state index in [0.717, 1.165) is 50.1 Å². The number of carbonyl (C=O) groups excluding carboxylic acids is 1. The van der Waals surface area contributed by atoms with Crippen LogP contribution < -0.4 is 5.32 Å². The van der Waals surface area contributed by atoms with Gasteiger partial charge >= 0.3 is 6.18 Å². The van der Waals surface area contributed by atoms with Gasteiger partial charge in [-0.05, 0) is 88.5 Å². The van der Waals surface area contributed by atoms with E-state index in [-0.39, 0.29) is 5.91 Å². The maximum absolute atomic E-state index is 12.8. The second kappa shape index (κ2) is 12.0. The third-order valence-electron chi connectivity index (χ3n) is 7.31. The van der Waals surface area contributed by atoms with Gasteiger partial charge in [-0.3, -0.25) is 4.79 Å². The van der Waals surface area contributed by atoms with Crippen molar-refractivity contribution < 1.29 is 18.0 Å². The van der Waals surface area contributed by atoms with Crippen LogP contribution >= 0.6 is 0 Å². The number of halogens is 3. The average molecular weight is 466 g/mol. The van der Waals surface area contributed by atoms with Gasteiger partial charge in [0.2, 0.25) is 5.91 Å². The monoisotopic (exact) mass is 465 g/mol. The third-order valence-corrected chi connectivity index (χ3v) is 7.31. The van der Waals surface area contributed by atoms with Gasteiger partial charge in [0.05, 0.1) is 5.56 Å². The number of nitrogens with one attached hydrogen (secondary N) is 1. The standard InChI is InChI=1S/C26H38F3N3O/c1-20-7-3-4-10-24(20)31(2)23-13-17-32(18-14-23)16-6-15-30-25(33)12-11-21-8-5-9-22(19-21)26(27,28)29/h5,8-9,11-12,19-20,23-24H,3-4,6-7,10,13-18H2,1-2H3,(H,30,33)/b12-11+/t20-,24-/m0/s1. The van der Waals surface area contributed by atoms with Crippen molar-refractivity contribution in [2.45, 2.75) is 70.1 Å². The van der Waals surface area contributed by atoms with Gasteiger partial charge in [0, 0.05) is 24.7 Å². The molecule has 2 aliphatic rings. The van der Waals surface area contributed by atoms with Crippen molar-refractivity contribution >= 4 is 12.0 Å². The van der Waals surface area contributed by atoms with Crippen molar-refractivity contribution in [3.05, 3.63) is 41.5 Å². The summed E-state index contributed by atoms with van der Waals surface area (Å²) in [5, 5.41) is 2.83. The molecule has 1 saturated heterocycles. The minimum Gasteiger partial charge on any atom is -0.353 e. The molecule has 184 valence electrons. The summed E-state index contributed by atoms with van der Waals surface area (Å²) in [4.78, 5) is 17.1. The Morgan fingerprint density at radius 1 is 1.18 bits per heavy atom. The number of carbonyl (C=O) groups is 1. The number of rotatable bonds is 8. The van der Waals surface area contributed by atoms with E-state index in [0.29, 0.717) is 18.2 Å². The first-order chi connectivity index (χ1) is 15.7. The minimum absolute atomic E-state index is 0.283. The highest BCUT2D eigenvalue weighted by Crippen LogP contribution is 2.31. The van der Waals surface area contributed by atoms with E-state index < -0.39 is 11.7 Å². The van der Waals surface area contributed by atoms with Crippen molar-refractivity contribution in [2.75, 3.05) is 33.2 Å². The molecule has 2 fully saturated rings. The zero-order valence-electron chi connectivity index (χ0n) is 19.9. The van der Waals surface area contributed by atoms with Crippen molar-refractivity contribution in [1.29, 1.82) is 0 Å². The predicted molar refractivity (Wildman–Crippen MR) is 127 cm³/mol. The highest BCUT2D eigenvalue weighted by molar-refractivity contribution is 5.91. The van der Waals surface area contributed by atoms with Crippen LogP contribution in [0.25, 0.3) is 6.08 Å². The molecule has 0 bridgehead atoms. The van der Waals surface area contributed by atoms with Crippen LogP contribution in [0, 0.1) is 5.92 Å². The number of hydrogen-bond acceptors (Lipinski definition) is 3. The molecule has 0 spiro atoms. The van der Waals surface area contributed by atoms with E-state index in [1.807, 2.05) is 0 Å². The second-order valence-corrected chi connectivity index (χ2v) is 9.67. The summed E-state index contributed by atoms with van der Waals surface area (Å²) >= 11 is 0. The Labute approximate surface area is 196 Å². The van der Waals surface area contributed by atoms with Crippen molar-refractivity contribution in [2.24, 2.45) is 5.92 Å². The maximum Gasteiger partial charge on any atom is 0.416 e. The van der Waals surface area contributed by atoms with E-state index in [1.54, 1.807) is 6.07 Å². The molecule has 1 aromatic rings. The molecule has 4 nitrogen and oxygen atoms in total. The molecular weight excluding hydrogens is 427 g/mol. The number of alkyl halides is 3. The highest BCUT2D eigenvalue weighted by atomic mass is 19.4. The largest absolute Gasteiger partial charge is 0.416 e. The van der Waals surface area contributed by atoms with Crippen LogP contribution in [0.3, 0.4) is 0 Å². The fourth-order valence-electron chi connectivity index (χ4n) is 5.29. The van der Waals surface area contributed by atoms with Crippen LogP contribution in [-0.2, 0) is 11.0 Å². The van der Waals surface area contributed by atoms with Crippen molar-refractivity contribution in [1.82, 2.24) is 15.1 Å². The zero-order chi connectivity index (χ0) is 23.8. The smallest absolute Gasteiger partial charge is 0.353 e. The molecular formula is C26H38F3N3O. The molecule has 0 unspecified atom stereocenters. The molecule has 1 N–H and O–H groups in total. The number of benzene rings is 1. The zero-order valence-corrected chi connectivity index (χ0v) is 19.9. The summed E-state index contributed by atoms with van der Waals surface area (Å²) in [6, 6.07) is 6.36. The Hall–Kier alpha value is -1.86. The van der Waals surface area contributed by atoms with Crippen LogP contribution in [0.4, 0.5) is 13.2 Å². The van der Waals surface area contributed by atoms with Crippen LogP contribution in [0.1, 0.15) is 63.0 Å². The van der Waals surface area contributed by atoms with E-state index in [1.165, 1.54) is 56.7 Å². The summed E-state index contributed by atoms with van der Waals surface area (Å²) < 4.78 is 38.3. The second-order valence-electron chi connectivity index (χ2n) is 9.67. The first kappa shape index (κ1) is 25.8. The van der Waals surface area contributed by atoms with Gasteiger partial charge in [0.1, 0.15) is 0 Å². The predicted octanol–water partition coefficient (Wildman–Crippen LogP) is 5.20. The first-order valence-electron chi connectivity index (χ1n) is 12.3. The Bertz CT molecular complexity index is 787. The quantitative estimate of drug-likeness (QED) is 0.423. The van der Waals surface area contributed by atoms with Crippen LogP contribution in [-0.4, -0.2) is 61.0 Å². The molecule has 33 heavy (non-hydrogen) atoms. The lowest BCUT2D eigenvalue weighted by molar-refractivity contribution is -0.137. The van der Waals surface area contributed by atoms with Gasteiger partial charge in [-0.1, -0.05) is 31.9 Å². The van der Waals surface area contributed by atoms with Crippen molar-refractivity contribution in [3.63, 3.8) is 0 Å². The number of amides is 1. The summed E-state index contributed by atoms with van der Waals surface area (Å²) in [7, 11) is 2.31. The Morgan fingerprint density at radius 3 is 2.61 bits per heavy atom. The number of hydrogen-bond donors (Lipinski definition) is 1. The number of piperidine rings is 1. The summed E-state index contributed by atoms with van der Waals surface area (Å²) in [5.41, 5.74) is -0.358. The maximum atomic E-state index is 12.8. The summed E-state index contributed by atoms with van der Waals surface area (Å²) in [6.45, 7) is 6.11. The minimum atomic E-state index is -4.38. The van der Waals surface area contributed by atoms with Gasteiger partial charge in [-0.15, -0.1) is 0 Å². The average Bonchev–Trinajstić information content (AvgIpc) is 2.80. The highest BCUT2D eigenvalue weighted by Gasteiger charge is 2.31. The molecule has 0 aromatic heterocycles. The lowest BCUT2D eigenvalue weighted by Gasteiger charge is -2.44. The van der Waals surface area contributed by atoms with E-state index >= 15 is 0 Å².